The lowest BCUT2D eigenvalue weighted by Crippen LogP contribution is -2.27. The highest BCUT2D eigenvalue weighted by Gasteiger charge is 2.19. The van der Waals surface area contributed by atoms with E-state index in [-0.39, 0.29) is 29.5 Å². The Morgan fingerprint density at radius 3 is 2.00 bits per heavy atom. The highest BCUT2D eigenvalue weighted by Crippen LogP contribution is 2.42. The first-order chi connectivity index (χ1) is 17.8. The van der Waals surface area contributed by atoms with Crippen molar-refractivity contribution in [3.63, 3.8) is 0 Å². The topological polar surface area (TPSA) is 69.6 Å². The number of hydrogen-bond acceptors (Lipinski definition) is 4. The Hall–Kier alpha value is -2.60. The van der Waals surface area contributed by atoms with Crippen molar-refractivity contribution in [2.75, 3.05) is 6.54 Å². The Labute approximate surface area is 232 Å². The predicted octanol–water partition coefficient (Wildman–Crippen LogP) is 7.58. The first-order valence-electron chi connectivity index (χ1n) is 13.5. The molecule has 0 aliphatic heterocycles. The van der Waals surface area contributed by atoms with Crippen molar-refractivity contribution in [3.05, 3.63) is 88.5 Å². The molecule has 0 saturated heterocycles. The van der Waals surface area contributed by atoms with Crippen LogP contribution >= 0.6 is 11.8 Å². The van der Waals surface area contributed by atoms with Gasteiger partial charge in [0.1, 0.15) is 0 Å². The number of thioether (sulfide) groups is 1. The van der Waals surface area contributed by atoms with E-state index in [2.05, 4.69) is 90.2 Å². The zero-order chi connectivity index (χ0) is 28.0. The first kappa shape index (κ1) is 29.9. The SMILES string of the molecule is Cc1cc(SC(CC(C)C)c2ccc(C(=O)NCCC(O)O)cc2)cc(C)c1-c1ccc(C(C)(C)C)cc1. The van der Waals surface area contributed by atoms with Crippen molar-refractivity contribution in [2.45, 2.75) is 83.2 Å². The molecule has 0 spiro atoms. The van der Waals surface area contributed by atoms with Gasteiger partial charge in [0, 0.05) is 28.7 Å². The van der Waals surface area contributed by atoms with Crippen LogP contribution in [0.3, 0.4) is 0 Å². The van der Waals surface area contributed by atoms with E-state index in [4.69, 9.17) is 10.2 Å². The van der Waals surface area contributed by atoms with Crippen LogP contribution in [0.25, 0.3) is 11.1 Å². The minimum atomic E-state index is -1.41. The summed E-state index contributed by atoms with van der Waals surface area (Å²) < 4.78 is 0. The molecule has 3 rings (SSSR count). The zero-order valence-corrected chi connectivity index (χ0v) is 24.7. The fraction of sp³-hybridized carbons (Fsp3) is 0.424. The van der Waals surface area contributed by atoms with Gasteiger partial charge >= 0.3 is 0 Å². The average Bonchev–Trinajstić information content (AvgIpc) is 2.82. The number of carbonyl (C=O) groups excluding carboxylic acids is 1. The van der Waals surface area contributed by atoms with E-state index in [9.17, 15) is 4.79 Å². The summed E-state index contributed by atoms with van der Waals surface area (Å²) in [4.78, 5) is 13.6. The molecule has 0 aliphatic carbocycles. The summed E-state index contributed by atoms with van der Waals surface area (Å²) in [6.07, 6.45) is -0.281. The molecule has 1 amide bonds. The number of aryl methyl sites for hydroxylation is 2. The third-order valence-electron chi connectivity index (χ3n) is 6.74. The minimum Gasteiger partial charge on any atom is -0.368 e. The second kappa shape index (κ2) is 13.0. The van der Waals surface area contributed by atoms with Crippen molar-refractivity contribution >= 4 is 17.7 Å². The van der Waals surface area contributed by atoms with Gasteiger partial charge in [0.05, 0.1) is 0 Å². The molecule has 0 heterocycles. The zero-order valence-electron chi connectivity index (χ0n) is 23.8. The van der Waals surface area contributed by atoms with E-state index in [0.29, 0.717) is 11.5 Å². The van der Waals surface area contributed by atoms with Crippen molar-refractivity contribution in [1.29, 1.82) is 0 Å². The third kappa shape index (κ3) is 8.20. The van der Waals surface area contributed by atoms with Crippen LogP contribution in [0.2, 0.25) is 0 Å². The van der Waals surface area contributed by atoms with E-state index < -0.39 is 6.29 Å². The summed E-state index contributed by atoms with van der Waals surface area (Å²) in [6, 6.07) is 21.4. The van der Waals surface area contributed by atoms with Gasteiger partial charge in [-0.3, -0.25) is 4.79 Å². The van der Waals surface area contributed by atoms with E-state index in [1.165, 1.54) is 38.3 Å². The number of benzene rings is 3. The molecule has 4 nitrogen and oxygen atoms in total. The monoisotopic (exact) mass is 533 g/mol. The van der Waals surface area contributed by atoms with Gasteiger partial charge in [-0.05, 0) is 89.2 Å². The molecule has 204 valence electrons. The third-order valence-corrected chi connectivity index (χ3v) is 8.00. The first-order valence-corrected chi connectivity index (χ1v) is 14.4. The Bertz CT molecular complexity index is 1190. The molecular weight excluding hydrogens is 490 g/mol. The molecule has 0 aliphatic rings. The molecule has 5 heteroatoms. The molecule has 1 unspecified atom stereocenters. The van der Waals surface area contributed by atoms with E-state index in [1.54, 1.807) is 0 Å². The van der Waals surface area contributed by atoms with E-state index >= 15 is 0 Å². The number of carbonyl (C=O) groups is 1. The molecule has 0 bridgehead atoms. The molecule has 3 aromatic carbocycles. The lowest BCUT2D eigenvalue weighted by molar-refractivity contribution is -0.0440. The van der Waals surface area contributed by atoms with Crippen LogP contribution in [0.15, 0.2) is 65.6 Å². The largest absolute Gasteiger partial charge is 0.368 e. The predicted molar refractivity (Wildman–Crippen MR) is 160 cm³/mol. The van der Waals surface area contributed by atoms with Crippen molar-refractivity contribution in [2.24, 2.45) is 5.92 Å². The van der Waals surface area contributed by atoms with E-state index in [0.717, 1.165) is 6.42 Å². The minimum absolute atomic E-state index is 0.108. The summed E-state index contributed by atoms with van der Waals surface area (Å²) >= 11 is 1.88. The molecule has 1 atom stereocenters. The molecule has 0 aromatic heterocycles. The Morgan fingerprint density at radius 1 is 0.921 bits per heavy atom. The van der Waals surface area contributed by atoms with Gasteiger partial charge in [-0.15, -0.1) is 11.8 Å². The van der Waals surface area contributed by atoms with Crippen LogP contribution in [0.1, 0.15) is 85.3 Å². The smallest absolute Gasteiger partial charge is 0.251 e. The lowest BCUT2D eigenvalue weighted by atomic mass is 9.85. The van der Waals surface area contributed by atoms with Crippen LogP contribution in [-0.2, 0) is 5.41 Å². The van der Waals surface area contributed by atoms with Gasteiger partial charge in [-0.1, -0.05) is 71.0 Å². The second-order valence-corrected chi connectivity index (χ2v) is 12.9. The van der Waals surface area contributed by atoms with E-state index in [1.807, 2.05) is 36.0 Å². The van der Waals surface area contributed by atoms with Gasteiger partial charge in [0.15, 0.2) is 6.29 Å². The van der Waals surface area contributed by atoms with Gasteiger partial charge in [-0.2, -0.15) is 0 Å². The Kier molecular flexibility index (Phi) is 10.2. The quantitative estimate of drug-likeness (QED) is 0.186. The van der Waals surface area contributed by atoms with Crippen LogP contribution in [0.4, 0.5) is 0 Å². The maximum Gasteiger partial charge on any atom is 0.251 e. The number of hydrogen-bond donors (Lipinski definition) is 3. The molecule has 38 heavy (non-hydrogen) atoms. The van der Waals surface area contributed by atoms with Crippen LogP contribution < -0.4 is 5.32 Å². The summed E-state index contributed by atoms with van der Waals surface area (Å²) in [7, 11) is 0. The number of amides is 1. The fourth-order valence-corrected chi connectivity index (χ4v) is 6.29. The van der Waals surface area contributed by atoms with Gasteiger partial charge < -0.3 is 15.5 Å². The summed E-state index contributed by atoms with van der Waals surface area (Å²) in [5, 5.41) is 20.9. The molecular formula is C33H43NO3S. The molecule has 0 radical (unpaired) electrons. The number of aliphatic hydroxyl groups is 2. The van der Waals surface area contributed by atoms with Crippen molar-refractivity contribution in [3.8, 4) is 11.1 Å². The number of rotatable bonds is 10. The number of nitrogens with one attached hydrogen (secondary N) is 1. The maximum atomic E-state index is 12.4. The molecule has 3 N–H and O–H groups in total. The lowest BCUT2D eigenvalue weighted by Gasteiger charge is -2.22. The van der Waals surface area contributed by atoms with Crippen LogP contribution in [0, 0.1) is 19.8 Å². The van der Waals surface area contributed by atoms with Gasteiger partial charge in [0.2, 0.25) is 0 Å². The van der Waals surface area contributed by atoms with Crippen molar-refractivity contribution < 1.29 is 15.0 Å². The van der Waals surface area contributed by atoms with Crippen molar-refractivity contribution in [1.82, 2.24) is 5.32 Å². The average molecular weight is 534 g/mol. The standard InChI is InChI=1S/C33H43NO3S/c1-21(2)18-29(24-8-10-26(11-9-24)32(37)34-17-16-30(35)36)38-28-19-22(3)31(23(4)20-28)25-12-14-27(15-13-25)33(5,6)7/h8-15,19-21,29-30,35-36H,16-18H2,1-7H3,(H,34,37). The highest BCUT2D eigenvalue weighted by atomic mass is 32.2. The molecule has 3 aromatic rings. The summed E-state index contributed by atoms with van der Waals surface area (Å²) in [5.74, 6) is 0.325. The Morgan fingerprint density at radius 2 is 1.50 bits per heavy atom. The summed E-state index contributed by atoms with van der Waals surface area (Å²) in [5.41, 5.74) is 8.36. The van der Waals surface area contributed by atoms with Gasteiger partial charge in [-0.25, -0.2) is 0 Å². The highest BCUT2D eigenvalue weighted by molar-refractivity contribution is 7.99. The molecule has 0 fully saturated rings. The van der Waals surface area contributed by atoms with Crippen LogP contribution in [-0.4, -0.2) is 29.0 Å². The van der Waals surface area contributed by atoms with Crippen LogP contribution in [0.5, 0.6) is 0 Å². The molecule has 0 saturated carbocycles. The number of aliphatic hydroxyl groups excluding tert-OH is 1. The van der Waals surface area contributed by atoms with Gasteiger partial charge in [0.25, 0.3) is 5.91 Å². The maximum absolute atomic E-state index is 12.4. The second-order valence-electron chi connectivity index (χ2n) is 11.6. The summed E-state index contributed by atoms with van der Waals surface area (Å²) in [6.45, 7) is 15.8. The normalized spacial score (nSPS) is 12.7. The fourth-order valence-electron chi connectivity index (χ4n) is 4.69. The Balaban J connectivity index is 1.80.